The van der Waals surface area contributed by atoms with E-state index in [-0.39, 0.29) is 0 Å². The van der Waals surface area contributed by atoms with Crippen LogP contribution in [0.3, 0.4) is 0 Å². The van der Waals surface area contributed by atoms with Gasteiger partial charge in [-0.2, -0.15) is 0 Å². The lowest BCUT2D eigenvalue weighted by molar-refractivity contribution is 0.294. The van der Waals surface area contributed by atoms with Crippen molar-refractivity contribution in [3.05, 3.63) is 16.7 Å². The van der Waals surface area contributed by atoms with Gasteiger partial charge in [-0.1, -0.05) is 13.3 Å². The molecule has 1 heterocycles. The average Bonchev–Trinajstić information content (AvgIpc) is 2.09. The van der Waals surface area contributed by atoms with Crippen LogP contribution in [0.4, 0.5) is 0 Å². The number of rotatable bonds is 4. The summed E-state index contributed by atoms with van der Waals surface area (Å²) < 4.78 is 6.03. The minimum Gasteiger partial charge on any atom is -0.477 e. The van der Waals surface area contributed by atoms with Gasteiger partial charge in [-0.15, -0.1) is 10.2 Å². The Labute approximate surface area is 80.3 Å². The van der Waals surface area contributed by atoms with Gasteiger partial charge in [0.25, 0.3) is 0 Å². The van der Waals surface area contributed by atoms with E-state index < -0.39 is 0 Å². The van der Waals surface area contributed by atoms with Crippen LogP contribution < -0.4 is 4.74 Å². The predicted octanol–water partition coefficient (Wildman–Crippen LogP) is 2.42. The smallest absolute Gasteiger partial charge is 0.233 e. The summed E-state index contributed by atoms with van der Waals surface area (Å²) in [5.41, 5.74) is 0. The highest BCUT2D eigenvalue weighted by molar-refractivity contribution is 9.10. The van der Waals surface area contributed by atoms with Crippen molar-refractivity contribution in [2.45, 2.75) is 19.8 Å². The molecular formula is C8H11BrN2O. The minimum absolute atomic E-state index is 0.589. The maximum atomic E-state index is 5.31. The van der Waals surface area contributed by atoms with Gasteiger partial charge >= 0.3 is 0 Å². The molecule has 0 N–H and O–H groups in total. The van der Waals surface area contributed by atoms with Crippen LogP contribution in [0, 0.1) is 0 Å². The molecule has 0 aromatic carbocycles. The Morgan fingerprint density at radius 3 is 2.83 bits per heavy atom. The summed E-state index contributed by atoms with van der Waals surface area (Å²) in [5.74, 6) is 0.589. The molecule has 4 heteroatoms. The topological polar surface area (TPSA) is 35.0 Å². The summed E-state index contributed by atoms with van der Waals surface area (Å²) in [6, 6.07) is 3.61. The van der Waals surface area contributed by atoms with E-state index >= 15 is 0 Å². The van der Waals surface area contributed by atoms with Crippen molar-refractivity contribution in [2.24, 2.45) is 0 Å². The van der Waals surface area contributed by atoms with E-state index in [0.29, 0.717) is 12.5 Å². The highest BCUT2D eigenvalue weighted by Gasteiger charge is 1.94. The summed E-state index contributed by atoms with van der Waals surface area (Å²) in [4.78, 5) is 0. The van der Waals surface area contributed by atoms with Crippen LogP contribution in [-0.2, 0) is 0 Å². The SMILES string of the molecule is CCCCOc1ccc(Br)nn1. The second-order valence-corrected chi connectivity index (χ2v) is 3.21. The fourth-order valence-corrected chi connectivity index (χ4v) is 0.913. The number of ether oxygens (including phenoxy) is 1. The van der Waals surface area contributed by atoms with Gasteiger partial charge in [0.1, 0.15) is 4.60 Å². The Hall–Kier alpha value is -0.640. The lowest BCUT2D eigenvalue weighted by Gasteiger charge is -2.01. The molecule has 0 spiro atoms. The molecule has 0 bridgehead atoms. The Balaban J connectivity index is 2.37. The maximum absolute atomic E-state index is 5.31. The van der Waals surface area contributed by atoms with Crippen molar-refractivity contribution in [3.63, 3.8) is 0 Å². The molecule has 0 amide bonds. The lowest BCUT2D eigenvalue weighted by atomic mass is 10.4. The first-order valence-corrected chi connectivity index (χ1v) is 4.74. The van der Waals surface area contributed by atoms with Crippen molar-refractivity contribution < 1.29 is 4.74 Å². The summed E-state index contributed by atoms with van der Waals surface area (Å²) in [6.45, 7) is 2.84. The zero-order valence-corrected chi connectivity index (χ0v) is 8.54. The van der Waals surface area contributed by atoms with Crippen molar-refractivity contribution in [1.29, 1.82) is 0 Å². The number of aromatic nitrogens is 2. The number of halogens is 1. The summed E-state index contributed by atoms with van der Waals surface area (Å²) in [7, 11) is 0. The van der Waals surface area contributed by atoms with Crippen LogP contribution in [0.5, 0.6) is 5.88 Å². The normalized spacial score (nSPS) is 9.83. The van der Waals surface area contributed by atoms with Gasteiger partial charge in [-0.25, -0.2) is 0 Å². The van der Waals surface area contributed by atoms with Crippen LogP contribution in [-0.4, -0.2) is 16.8 Å². The molecule has 1 aromatic rings. The molecule has 0 saturated heterocycles. The standard InChI is InChI=1S/C8H11BrN2O/c1-2-3-6-12-8-5-4-7(9)10-11-8/h4-5H,2-3,6H2,1H3. The third-order valence-corrected chi connectivity index (χ3v) is 1.78. The third kappa shape index (κ3) is 3.17. The van der Waals surface area contributed by atoms with E-state index in [2.05, 4.69) is 33.1 Å². The van der Waals surface area contributed by atoms with Gasteiger partial charge in [-0.05, 0) is 28.4 Å². The quantitative estimate of drug-likeness (QED) is 0.746. The van der Waals surface area contributed by atoms with Gasteiger partial charge in [0.2, 0.25) is 5.88 Å². The van der Waals surface area contributed by atoms with E-state index in [1.807, 2.05) is 6.07 Å². The van der Waals surface area contributed by atoms with Crippen molar-refractivity contribution in [2.75, 3.05) is 6.61 Å². The molecule has 0 aliphatic rings. The highest BCUT2D eigenvalue weighted by Crippen LogP contribution is 2.09. The van der Waals surface area contributed by atoms with Gasteiger partial charge < -0.3 is 4.74 Å². The summed E-state index contributed by atoms with van der Waals surface area (Å²) >= 11 is 3.20. The number of nitrogens with zero attached hydrogens (tertiary/aromatic N) is 2. The van der Waals surface area contributed by atoms with Crippen LogP contribution >= 0.6 is 15.9 Å². The maximum Gasteiger partial charge on any atom is 0.233 e. The zero-order valence-electron chi connectivity index (χ0n) is 6.96. The largest absolute Gasteiger partial charge is 0.477 e. The molecule has 0 radical (unpaired) electrons. The van der Waals surface area contributed by atoms with Gasteiger partial charge in [-0.3, -0.25) is 0 Å². The fourth-order valence-electron chi connectivity index (χ4n) is 0.702. The van der Waals surface area contributed by atoms with E-state index in [0.717, 1.165) is 17.4 Å². The average molecular weight is 231 g/mol. The molecule has 0 unspecified atom stereocenters. The van der Waals surface area contributed by atoms with Crippen LogP contribution in [0.15, 0.2) is 16.7 Å². The Morgan fingerprint density at radius 1 is 1.42 bits per heavy atom. The molecular weight excluding hydrogens is 220 g/mol. The van der Waals surface area contributed by atoms with E-state index in [4.69, 9.17) is 4.74 Å². The van der Waals surface area contributed by atoms with Crippen molar-refractivity contribution in [1.82, 2.24) is 10.2 Å². The second kappa shape index (κ2) is 5.09. The molecule has 3 nitrogen and oxygen atoms in total. The highest BCUT2D eigenvalue weighted by atomic mass is 79.9. The Kier molecular flexibility index (Phi) is 4.00. The number of hydrogen-bond donors (Lipinski definition) is 0. The molecule has 0 aliphatic heterocycles. The lowest BCUT2D eigenvalue weighted by Crippen LogP contribution is -1.99. The van der Waals surface area contributed by atoms with Crippen LogP contribution in [0.2, 0.25) is 0 Å². The van der Waals surface area contributed by atoms with Gasteiger partial charge in [0.05, 0.1) is 6.61 Å². The van der Waals surface area contributed by atoms with Crippen LogP contribution in [0.1, 0.15) is 19.8 Å². The molecule has 0 aliphatic carbocycles. The van der Waals surface area contributed by atoms with E-state index in [1.165, 1.54) is 0 Å². The van der Waals surface area contributed by atoms with E-state index in [1.54, 1.807) is 6.07 Å². The molecule has 0 fully saturated rings. The monoisotopic (exact) mass is 230 g/mol. The van der Waals surface area contributed by atoms with Gasteiger partial charge in [0, 0.05) is 6.07 Å². The molecule has 0 saturated carbocycles. The molecule has 0 atom stereocenters. The third-order valence-electron chi connectivity index (χ3n) is 1.36. The van der Waals surface area contributed by atoms with Crippen LogP contribution in [0.25, 0.3) is 0 Å². The Bertz CT molecular complexity index is 225. The summed E-state index contributed by atoms with van der Waals surface area (Å²) in [5, 5.41) is 7.63. The van der Waals surface area contributed by atoms with Crippen molar-refractivity contribution in [3.8, 4) is 5.88 Å². The molecule has 66 valence electrons. The first-order valence-electron chi connectivity index (χ1n) is 3.95. The number of hydrogen-bond acceptors (Lipinski definition) is 3. The first kappa shape index (κ1) is 9.45. The minimum atomic E-state index is 0.589. The van der Waals surface area contributed by atoms with E-state index in [9.17, 15) is 0 Å². The van der Waals surface area contributed by atoms with Gasteiger partial charge in [0.15, 0.2) is 0 Å². The predicted molar refractivity (Wildman–Crippen MR) is 50.1 cm³/mol. The fraction of sp³-hybridized carbons (Fsp3) is 0.500. The second-order valence-electron chi connectivity index (χ2n) is 2.40. The number of unbranched alkanes of at least 4 members (excludes halogenated alkanes) is 1. The Morgan fingerprint density at radius 2 is 2.25 bits per heavy atom. The van der Waals surface area contributed by atoms with Crippen molar-refractivity contribution >= 4 is 15.9 Å². The summed E-state index contributed by atoms with van der Waals surface area (Å²) in [6.07, 6.45) is 2.18. The molecule has 12 heavy (non-hydrogen) atoms. The first-order chi connectivity index (χ1) is 5.83. The zero-order chi connectivity index (χ0) is 8.81. The molecule has 1 aromatic heterocycles. The molecule has 1 rings (SSSR count).